The Morgan fingerprint density at radius 1 is 0.278 bits per heavy atom. The second-order valence-corrected chi connectivity index (χ2v) is 27.4. The van der Waals surface area contributed by atoms with Crippen LogP contribution < -0.4 is 18.9 Å². The number of aromatic nitrogens is 2. The highest BCUT2D eigenvalue weighted by atomic mass is 35.5. The number of halogens is 7. The Labute approximate surface area is 694 Å². The number of rotatable bonds is 24. The predicted octanol–water partition coefficient (Wildman–Crippen LogP) is 21.2. The van der Waals surface area contributed by atoms with Gasteiger partial charge >= 0.3 is 23.9 Å². The summed E-state index contributed by atoms with van der Waals surface area (Å²) in [6, 6.07) is 56.4. The van der Waals surface area contributed by atoms with Gasteiger partial charge < -0.3 is 78.7 Å². The fraction of sp³-hybridized carbons (Fsp3) is 0.140. The molecule has 594 valence electrons. The van der Waals surface area contributed by atoms with Gasteiger partial charge in [-0.05, 0) is 182 Å². The molecule has 0 spiro atoms. The molecule has 0 aliphatic carbocycles. The number of phenols is 8. The van der Waals surface area contributed by atoms with E-state index in [1.165, 1.54) is 28.4 Å². The van der Waals surface area contributed by atoms with Gasteiger partial charge in [-0.15, -0.1) is 0 Å². The van der Waals surface area contributed by atoms with Gasteiger partial charge in [0, 0.05) is 62.9 Å². The van der Waals surface area contributed by atoms with Crippen molar-refractivity contribution in [1.29, 1.82) is 0 Å². The summed E-state index contributed by atoms with van der Waals surface area (Å²) >= 11 is 43.1. The van der Waals surface area contributed by atoms with Crippen molar-refractivity contribution in [3.8, 4) is 92.3 Å². The maximum Gasteiger partial charge on any atom is 0.341 e. The molecule has 0 saturated carbocycles. The molecule has 12 aromatic rings. The van der Waals surface area contributed by atoms with E-state index in [0.29, 0.717) is 92.6 Å². The minimum atomic E-state index is -0.749. The maximum absolute atomic E-state index is 12.1. The highest BCUT2D eigenvalue weighted by Crippen LogP contribution is 2.44. The average Bonchev–Trinajstić information content (AvgIpc) is 0.808. The molecule has 0 unspecified atom stereocenters. The van der Waals surface area contributed by atoms with Crippen molar-refractivity contribution in [2.75, 3.05) is 28.4 Å². The number of nitrogens with zero attached hydrogens (tertiary/aromatic N) is 2. The van der Waals surface area contributed by atoms with Crippen LogP contribution in [0, 0.1) is 0 Å². The zero-order chi connectivity index (χ0) is 83.0. The predicted molar refractivity (Wildman–Crippen MR) is 437 cm³/mol. The van der Waals surface area contributed by atoms with Crippen LogP contribution in [0.3, 0.4) is 0 Å². The summed E-state index contributed by atoms with van der Waals surface area (Å²) in [7, 11) is 4.82. The number of hydrogen-bond acceptors (Lipinski definition) is 22. The zero-order valence-electron chi connectivity index (χ0n) is 61.4. The van der Waals surface area contributed by atoms with Gasteiger partial charge in [-0.1, -0.05) is 160 Å². The van der Waals surface area contributed by atoms with Crippen LogP contribution in [0.15, 0.2) is 213 Å². The van der Waals surface area contributed by atoms with Crippen molar-refractivity contribution >= 4 is 105 Å². The monoisotopic (exact) mass is 1700 g/mol. The number of carbonyl (C=O) groups is 4. The van der Waals surface area contributed by atoms with E-state index >= 15 is 0 Å². The topological polar surface area (TPSA) is 330 Å². The Kier molecular flexibility index (Phi) is 31.5. The quantitative estimate of drug-likeness (QED) is 0.0206. The SMILES string of the molecule is COC(=O)c1c(O)cc(O)c(Cl)c1CCc1cc(Cl)ccc1Oc1ccccc1.COC(=O)c1c(O)cc(O)c(Cl)c1CCc1ccc(Cl)cc1Oc1ccccc1.COC(=O)c1c(O)cc(O)c(Cl)c1CCc1cccnc1Oc1cccc(Cl)c1.COC(=O)c1c(O)cc(O)c(Cl)c1CCc1cccnc1Oc1ccccc1. The first-order chi connectivity index (χ1) is 55.2. The molecule has 0 amide bonds. The molecule has 29 heteroatoms. The molecule has 0 aliphatic rings. The summed E-state index contributed by atoms with van der Waals surface area (Å²) in [6.07, 6.45) is 5.74. The van der Waals surface area contributed by atoms with Crippen LogP contribution in [-0.4, -0.2) is 103 Å². The van der Waals surface area contributed by atoms with Gasteiger partial charge in [0.2, 0.25) is 11.8 Å². The molecule has 0 atom stereocenters. The molecule has 10 aromatic carbocycles. The van der Waals surface area contributed by atoms with Crippen molar-refractivity contribution in [2.24, 2.45) is 0 Å². The van der Waals surface area contributed by atoms with Gasteiger partial charge in [0.1, 0.15) is 103 Å². The van der Waals surface area contributed by atoms with Gasteiger partial charge in [0.25, 0.3) is 0 Å². The van der Waals surface area contributed by atoms with E-state index < -0.39 is 46.9 Å². The minimum absolute atomic E-state index is 0.00684. The van der Waals surface area contributed by atoms with Crippen LogP contribution in [-0.2, 0) is 70.3 Å². The molecule has 0 aliphatic heterocycles. The van der Waals surface area contributed by atoms with Crippen LogP contribution in [0.5, 0.6) is 92.3 Å². The number of hydrogen-bond donors (Lipinski definition) is 8. The maximum atomic E-state index is 12.1. The number of benzene rings is 10. The lowest BCUT2D eigenvalue weighted by Crippen LogP contribution is -2.08. The van der Waals surface area contributed by atoms with E-state index in [0.717, 1.165) is 46.5 Å². The second-order valence-electron chi connectivity index (χ2n) is 24.5. The van der Waals surface area contributed by atoms with Crippen molar-refractivity contribution in [3.63, 3.8) is 0 Å². The van der Waals surface area contributed by atoms with Crippen molar-refractivity contribution in [3.05, 3.63) is 315 Å². The first-order valence-electron chi connectivity index (χ1n) is 34.6. The Morgan fingerprint density at radius 3 is 0.965 bits per heavy atom. The molecular weight excluding hydrogens is 1630 g/mol. The number of para-hydroxylation sites is 3. The average molecular weight is 1700 g/mol. The lowest BCUT2D eigenvalue weighted by molar-refractivity contribution is 0.0586. The van der Waals surface area contributed by atoms with Gasteiger partial charge in [0.15, 0.2) is 0 Å². The normalized spacial score (nSPS) is 10.6. The van der Waals surface area contributed by atoms with Crippen molar-refractivity contribution < 1.29 is 97.9 Å². The van der Waals surface area contributed by atoms with Crippen LogP contribution in [0.2, 0.25) is 35.2 Å². The molecule has 0 fully saturated rings. The lowest BCUT2D eigenvalue weighted by atomic mass is 9.98. The second kappa shape index (κ2) is 41.7. The zero-order valence-corrected chi connectivity index (χ0v) is 66.7. The Bertz CT molecular complexity index is 5460. The van der Waals surface area contributed by atoms with E-state index in [2.05, 4.69) is 9.97 Å². The molecule has 0 radical (unpaired) electrons. The molecule has 2 heterocycles. The first kappa shape index (κ1) is 87.0. The fourth-order valence-electron chi connectivity index (χ4n) is 11.6. The third kappa shape index (κ3) is 23.1. The Hall–Kier alpha value is -12.0. The van der Waals surface area contributed by atoms with Crippen molar-refractivity contribution in [1.82, 2.24) is 9.97 Å². The number of pyridine rings is 2. The van der Waals surface area contributed by atoms with Crippen LogP contribution in [0.4, 0.5) is 0 Å². The van der Waals surface area contributed by atoms with Gasteiger partial charge in [-0.3, -0.25) is 0 Å². The fourth-order valence-corrected chi connectivity index (χ4v) is 13.1. The van der Waals surface area contributed by atoms with Crippen LogP contribution in [0.25, 0.3) is 0 Å². The molecule has 0 bridgehead atoms. The number of aryl methyl sites for hydroxylation is 4. The largest absolute Gasteiger partial charge is 0.507 e. The van der Waals surface area contributed by atoms with E-state index in [1.54, 1.807) is 79.1 Å². The number of aromatic hydroxyl groups is 8. The molecule has 8 N–H and O–H groups in total. The highest BCUT2D eigenvalue weighted by molar-refractivity contribution is 6.35. The molecule has 12 rings (SSSR count). The number of carbonyl (C=O) groups excluding carboxylic acids is 4. The van der Waals surface area contributed by atoms with Crippen molar-refractivity contribution in [2.45, 2.75) is 51.4 Å². The van der Waals surface area contributed by atoms with E-state index in [-0.39, 0.29) is 108 Å². The third-order valence-corrected chi connectivity index (χ3v) is 19.5. The number of methoxy groups -OCH3 is 4. The number of phenolic OH excluding ortho intramolecular Hbond substituents is 8. The first-order valence-corrected chi connectivity index (χ1v) is 37.2. The summed E-state index contributed by atoms with van der Waals surface area (Å²) in [5, 5.41) is 81.7. The van der Waals surface area contributed by atoms with E-state index in [1.807, 2.05) is 109 Å². The molecule has 2 aromatic heterocycles. The summed E-state index contributed by atoms with van der Waals surface area (Å²) in [5.41, 5.74) is 3.92. The molecular formula is C86H71Cl7N2O20. The number of esters is 4. The van der Waals surface area contributed by atoms with E-state index in [9.17, 15) is 60.0 Å². The lowest BCUT2D eigenvalue weighted by Gasteiger charge is -2.15. The molecule has 22 nitrogen and oxygen atoms in total. The summed E-state index contributed by atoms with van der Waals surface area (Å²) in [5.74, 6) is -1.40. The standard InChI is InChI=1S/2C22H18Cl2O5.C21H17Cl2NO5.C21H18ClNO5/c1-28-22(27)20-16(21(24)18(26)12-17(20)25)9-7-13-11-14(23)8-10-19(13)29-15-5-3-2-4-6-15;1-28-22(27)20-16(21(24)18(26)12-17(20)25)10-8-13-7-9-14(23)11-19(13)29-15-5-3-2-4-6-15;1-28-21(27)18-15(19(23)17(26)11-16(18)25)8-7-12-4-3-9-24-20(12)29-14-6-2-5-13(22)10-14;1-27-21(26)18-15(19(22)17(25)12-16(18)24)10-9-13-6-5-11-23-20(13)28-14-7-3-2-4-8-14/h2-6,8,10-12,25-26H,7,9H2,1H3;2-7,9,11-12,25-26H,8,10H2,1H3;2-6,9-11,25-26H,7-8H2,1H3;2-8,11-12,24-25H,9-10H2,1H3. The molecule has 0 saturated heterocycles. The smallest absolute Gasteiger partial charge is 0.341 e. The summed E-state index contributed by atoms with van der Waals surface area (Å²) in [4.78, 5) is 56.9. The number of ether oxygens (including phenoxy) is 8. The molecule has 115 heavy (non-hydrogen) atoms. The Balaban J connectivity index is 0.000000175. The van der Waals surface area contributed by atoms with Gasteiger partial charge in [0.05, 0.1) is 48.5 Å². The van der Waals surface area contributed by atoms with Crippen LogP contribution in [0.1, 0.15) is 85.9 Å². The minimum Gasteiger partial charge on any atom is -0.507 e. The van der Waals surface area contributed by atoms with Gasteiger partial charge in [-0.2, -0.15) is 0 Å². The van der Waals surface area contributed by atoms with Gasteiger partial charge in [-0.25, -0.2) is 29.1 Å². The summed E-state index contributed by atoms with van der Waals surface area (Å²) < 4.78 is 42.5. The Morgan fingerprint density at radius 2 is 0.591 bits per heavy atom. The highest BCUT2D eigenvalue weighted by Gasteiger charge is 2.28. The van der Waals surface area contributed by atoms with E-state index in [4.69, 9.17) is 119 Å². The summed E-state index contributed by atoms with van der Waals surface area (Å²) in [6.45, 7) is 0. The van der Waals surface area contributed by atoms with Crippen LogP contribution >= 0.6 is 81.2 Å². The third-order valence-electron chi connectivity index (χ3n) is 17.1.